The zero-order chi connectivity index (χ0) is 23.0. The van der Waals surface area contributed by atoms with Crippen molar-refractivity contribution in [3.63, 3.8) is 0 Å². The van der Waals surface area contributed by atoms with Crippen molar-refractivity contribution < 1.29 is 24.5 Å². The topological polar surface area (TPSA) is 89.2 Å². The van der Waals surface area contributed by atoms with Crippen molar-refractivity contribution in [3.8, 4) is 28.6 Å². The summed E-state index contributed by atoms with van der Waals surface area (Å²) in [6, 6.07) is 10.2. The first-order valence-electron chi connectivity index (χ1n) is 10.3. The molecule has 0 unspecified atom stereocenters. The highest BCUT2D eigenvalue weighted by atomic mass is 16.5. The Labute approximate surface area is 166 Å². The summed E-state index contributed by atoms with van der Waals surface area (Å²) in [6.45, 7) is 0. The number of carbonyl (C=O) groups excluding carboxylic acids is 1. The van der Waals surface area contributed by atoms with Gasteiger partial charge in [0.1, 0.15) is 11.5 Å². The van der Waals surface area contributed by atoms with Gasteiger partial charge >= 0.3 is 0 Å². The molecule has 0 bridgehead atoms. The van der Waals surface area contributed by atoms with Crippen molar-refractivity contribution in [1.82, 2.24) is 15.0 Å². The summed E-state index contributed by atoms with van der Waals surface area (Å²) in [5, 5.41) is 0.806. The van der Waals surface area contributed by atoms with Crippen LogP contribution in [0.5, 0.6) is 17.2 Å². The predicted molar refractivity (Wildman–Crippen MR) is 105 cm³/mol. The monoisotopic (exact) mass is 381 g/mol. The van der Waals surface area contributed by atoms with Crippen LogP contribution in [0.1, 0.15) is 21.5 Å². The van der Waals surface area contributed by atoms with Crippen LogP contribution in [-0.4, -0.2) is 42.0 Å². The molecule has 7 heteroatoms. The number of ether oxygens (including phenoxy) is 3. The molecule has 4 aromatic rings. The van der Waals surface area contributed by atoms with Crippen molar-refractivity contribution in [2.45, 2.75) is 0 Å². The number of imidazole rings is 1. The van der Waals surface area contributed by atoms with Crippen LogP contribution in [0.15, 0.2) is 48.8 Å². The van der Waals surface area contributed by atoms with E-state index in [4.69, 9.17) is 19.7 Å². The fourth-order valence-electron chi connectivity index (χ4n) is 3.02. The molecule has 4 rings (SSSR count). The maximum atomic E-state index is 13.1. The molecular weight excluding hydrogens is 358 g/mol. The van der Waals surface area contributed by atoms with Crippen molar-refractivity contribution in [2.24, 2.45) is 0 Å². The highest BCUT2D eigenvalue weighted by Gasteiger charge is 2.20. The Morgan fingerprint density at radius 2 is 1.89 bits per heavy atom. The highest BCUT2D eigenvalue weighted by molar-refractivity contribution is 6.09. The van der Waals surface area contributed by atoms with Gasteiger partial charge in [0.05, 0.1) is 32.9 Å². The maximum Gasteiger partial charge on any atom is 0.211 e. The lowest BCUT2D eigenvalue weighted by atomic mass is 10.1. The first-order chi connectivity index (χ1) is 15.2. The summed E-state index contributed by atoms with van der Waals surface area (Å²) < 4.78 is 45.7. The third-order valence-corrected chi connectivity index (χ3v) is 4.40. The zero-order valence-electron chi connectivity index (χ0n) is 19.1. The minimum absolute atomic E-state index is 0.0358. The Hall–Kier alpha value is -3.74. The molecule has 0 atom stereocenters. The number of benzene rings is 2. The Bertz CT molecular complexity index is 1290. The fraction of sp³-hybridized carbons (Fsp3) is 0.143. The standard InChI is InChI=1S/C21H19N3O4/c1-26-17-8-12(9-18(27-2)20(17)28-3)19(25)16-11-23-21(24-16)14-10-22-15-7-5-4-6-13(14)15/h4-11,22H,1-3H3,(H,23,24)/i3D3,10D. The summed E-state index contributed by atoms with van der Waals surface area (Å²) >= 11 is 0. The lowest BCUT2D eigenvalue weighted by molar-refractivity contribution is 0.103. The minimum atomic E-state index is -2.72. The molecule has 0 saturated heterocycles. The molecule has 0 aliphatic rings. The average Bonchev–Trinajstić information content (AvgIpc) is 3.35. The number of nitrogens with one attached hydrogen (secondary N) is 2. The second-order valence-electron chi connectivity index (χ2n) is 5.96. The lowest BCUT2D eigenvalue weighted by Crippen LogP contribution is -2.04. The predicted octanol–water partition coefficient (Wildman–Crippen LogP) is 3.81. The van der Waals surface area contributed by atoms with Gasteiger partial charge in [-0.05, 0) is 18.2 Å². The molecule has 0 fully saturated rings. The highest BCUT2D eigenvalue weighted by Crippen LogP contribution is 2.38. The molecule has 0 radical (unpaired) electrons. The molecule has 2 heterocycles. The summed E-state index contributed by atoms with van der Waals surface area (Å²) in [4.78, 5) is 23.4. The van der Waals surface area contributed by atoms with E-state index in [0.29, 0.717) is 11.4 Å². The molecule has 142 valence electrons. The summed E-state index contributed by atoms with van der Waals surface area (Å²) in [7, 11) is -0.0648. The molecule has 7 nitrogen and oxygen atoms in total. The molecule has 0 amide bonds. The van der Waals surface area contributed by atoms with Crippen LogP contribution in [0.4, 0.5) is 0 Å². The van der Waals surface area contributed by atoms with Crippen LogP contribution in [0.25, 0.3) is 22.3 Å². The van der Waals surface area contributed by atoms with Crippen LogP contribution in [0, 0.1) is 0 Å². The Kier molecular flexibility index (Phi) is 3.41. The quantitative estimate of drug-likeness (QED) is 0.496. The van der Waals surface area contributed by atoms with Crippen LogP contribution in [0.2, 0.25) is 0 Å². The number of H-pyrrole nitrogens is 2. The average molecular weight is 381 g/mol. The van der Waals surface area contributed by atoms with E-state index in [1.807, 2.05) is 24.3 Å². The first-order valence-corrected chi connectivity index (χ1v) is 8.34. The smallest absolute Gasteiger partial charge is 0.211 e. The second-order valence-corrected chi connectivity index (χ2v) is 5.96. The Morgan fingerprint density at radius 1 is 1.14 bits per heavy atom. The number of methoxy groups -OCH3 is 3. The lowest BCUT2D eigenvalue weighted by Gasteiger charge is -2.13. The largest absolute Gasteiger partial charge is 0.493 e. The van der Waals surface area contributed by atoms with Crippen LogP contribution < -0.4 is 14.2 Å². The number of hydrogen-bond donors (Lipinski definition) is 2. The van der Waals surface area contributed by atoms with Crippen LogP contribution in [0.3, 0.4) is 0 Å². The third-order valence-electron chi connectivity index (χ3n) is 4.40. The van der Waals surface area contributed by atoms with Crippen molar-refractivity contribution >= 4 is 16.7 Å². The number of nitrogens with zero attached hydrogens (tertiary/aromatic N) is 1. The van der Waals surface area contributed by atoms with Crippen molar-refractivity contribution in [3.05, 3.63) is 60.0 Å². The molecule has 2 aromatic heterocycles. The first kappa shape index (κ1) is 13.4. The van der Waals surface area contributed by atoms with E-state index < -0.39 is 12.8 Å². The van der Waals surface area contributed by atoms with E-state index >= 15 is 0 Å². The summed E-state index contributed by atoms with van der Waals surface area (Å²) in [5.74, 6) is -0.110. The van der Waals surface area contributed by atoms with Gasteiger partial charge in [-0.1, -0.05) is 18.2 Å². The van der Waals surface area contributed by atoms with E-state index in [-0.39, 0.29) is 34.7 Å². The van der Waals surface area contributed by atoms with Gasteiger partial charge in [0.15, 0.2) is 11.5 Å². The zero-order valence-corrected chi connectivity index (χ0v) is 15.1. The van der Waals surface area contributed by atoms with Crippen molar-refractivity contribution in [1.29, 1.82) is 0 Å². The van der Waals surface area contributed by atoms with E-state index in [0.717, 1.165) is 10.9 Å². The van der Waals surface area contributed by atoms with Crippen LogP contribution >= 0.6 is 0 Å². The number of ketones is 1. The van der Waals surface area contributed by atoms with Gasteiger partial charge in [0.2, 0.25) is 11.5 Å². The third kappa shape index (κ3) is 2.87. The molecule has 0 spiro atoms. The van der Waals surface area contributed by atoms with Gasteiger partial charge < -0.3 is 24.2 Å². The van der Waals surface area contributed by atoms with Gasteiger partial charge in [-0.2, -0.15) is 0 Å². The number of fused-ring (bicyclic) bond motifs is 1. The molecule has 2 aromatic carbocycles. The number of carbonyl (C=O) groups is 1. The van der Waals surface area contributed by atoms with Gasteiger partial charge in [-0.15, -0.1) is 0 Å². The second kappa shape index (κ2) is 7.11. The molecular formula is C21H19N3O4. The van der Waals surface area contributed by atoms with E-state index in [1.165, 1.54) is 32.5 Å². The molecule has 2 N–H and O–H groups in total. The molecule has 0 aliphatic carbocycles. The van der Waals surface area contributed by atoms with E-state index in [1.54, 1.807) is 0 Å². The van der Waals surface area contributed by atoms with Crippen LogP contribution in [-0.2, 0) is 0 Å². The Morgan fingerprint density at radius 3 is 2.61 bits per heavy atom. The number of aromatic nitrogens is 3. The van der Waals surface area contributed by atoms with Gasteiger partial charge in [0.25, 0.3) is 0 Å². The molecule has 0 aliphatic heterocycles. The van der Waals surface area contributed by atoms with E-state index in [2.05, 4.69) is 15.0 Å². The fourth-order valence-corrected chi connectivity index (χ4v) is 3.02. The van der Waals surface area contributed by atoms with Gasteiger partial charge in [0, 0.05) is 28.2 Å². The maximum absolute atomic E-state index is 13.1. The Balaban J connectivity index is 1.73. The molecule has 0 saturated carbocycles. The SMILES string of the molecule is [2H]c1[nH]c2ccccc2c1-c1ncc(C(=O)c2cc(OC)c(OC([2H])([2H])[2H])c(OC)c2)[nH]1. The van der Waals surface area contributed by atoms with Crippen molar-refractivity contribution in [2.75, 3.05) is 21.3 Å². The number of rotatable bonds is 6. The minimum Gasteiger partial charge on any atom is -0.493 e. The number of hydrogen-bond acceptors (Lipinski definition) is 5. The number of para-hydroxylation sites is 1. The normalized spacial score (nSPS) is 13.4. The molecule has 28 heavy (non-hydrogen) atoms. The summed E-state index contributed by atoms with van der Waals surface area (Å²) in [6.07, 6.45) is 1.55. The number of aromatic amines is 2. The van der Waals surface area contributed by atoms with E-state index in [9.17, 15) is 4.79 Å². The van der Waals surface area contributed by atoms with Gasteiger partial charge in [-0.3, -0.25) is 4.79 Å². The summed E-state index contributed by atoms with van der Waals surface area (Å²) in [5.41, 5.74) is 1.70. The van der Waals surface area contributed by atoms with Gasteiger partial charge in [-0.25, -0.2) is 4.98 Å².